The third-order valence-electron chi connectivity index (χ3n) is 5.28. The van der Waals surface area contributed by atoms with Gasteiger partial charge in [0, 0.05) is 5.69 Å². The molecule has 198 valence electrons. The molecule has 4 rings (SSSR count). The Morgan fingerprint density at radius 1 is 1.03 bits per heavy atom. The number of aromatic nitrogens is 3. The Hall–Kier alpha value is -4.25. The van der Waals surface area contributed by atoms with Crippen LogP contribution in [0.15, 0.2) is 60.8 Å². The van der Waals surface area contributed by atoms with E-state index >= 15 is 0 Å². The van der Waals surface area contributed by atoms with Crippen LogP contribution in [0, 0.1) is 0 Å². The van der Waals surface area contributed by atoms with Crippen molar-refractivity contribution in [3.05, 3.63) is 77.1 Å². The molecule has 0 saturated heterocycles. The van der Waals surface area contributed by atoms with Crippen molar-refractivity contribution in [2.45, 2.75) is 51.9 Å². The van der Waals surface area contributed by atoms with E-state index in [1.54, 1.807) is 27.0 Å². The molecule has 2 aromatic carbocycles. The van der Waals surface area contributed by atoms with Crippen molar-refractivity contribution >= 4 is 45.5 Å². The van der Waals surface area contributed by atoms with E-state index < -0.39 is 23.8 Å². The van der Waals surface area contributed by atoms with E-state index in [-0.39, 0.29) is 24.8 Å². The molecule has 0 saturated carbocycles. The lowest BCUT2D eigenvalue weighted by Gasteiger charge is -2.22. The second-order valence-corrected chi connectivity index (χ2v) is 10.6. The van der Waals surface area contributed by atoms with Crippen LogP contribution in [-0.4, -0.2) is 44.6 Å². The van der Waals surface area contributed by atoms with Crippen LogP contribution in [0.2, 0.25) is 0 Å². The molecular formula is C27H29N5O5S. The highest BCUT2D eigenvalue weighted by Crippen LogP contribution is 2.23. The monoisotopic (exact) mass is 535 g/mol. The first-order valence-electron chi connectivity index (χ1n) is 12.1. The van der Waals surface area contributed by atoms with Crippen molar-refractivity contribution in [2.24, 2.45) is 0 Å². The average Bonchev–Trinajstić information content (AvgIpc) is 3.51. The molecule has 1 atom stereocenters. The van der Waals surface area contributed by atoms with E-state index in [0.29, 0.717) is 17.1 Å². The highest BCUT2D eigenvalue weighted by molar-refractivity contribution is 7.20. The fourth-order valence-corrected chi connectivity index (χ4v) is 4.51. The number of H-pyrrole nitrogens is 1. The molecule has 2 aromatic heterocycles. The number of hydrogen-bond acceptors (Lipinski definition) is 8. The molecular weight excluding hydrogens is 506 g/mol. The number of ether oxygens (including phenoxy) is 2. The number of thiazole rings is 1. The molecule has 0 aliphatic heterocycles. The van der Waals surface area contributed by atoms with Crippen LogP contribution in [0.5, 0.6) is 0 Å². The molecule has 0 spiro atoms. The standard InChI is InChI=1S/C27H29N5O5S/c1-27(2,3)37-26(35)31-20(22(33)23-30-19-11-7-8-12-21(19)38-23)14-13-18-15-28-24(29-18)32-25(34)36-16-17-9-5-4-6-10-17/h4-12,15,20H,13-14,16H2,1-3H3,(H,31,35)(H2,28,29,32,34)/t20-/m0/s1. The van der Waals surface area contributed by atoms with Crippen molar-refractivity contribution < 1.29 is 23.9 Å². The SMILES string of the molecule is CC(C)(C)OC(=O)N[C@@H](CCc1cnc(NC(=O)OCc2ccccc2)[nH]1)C(=O)c1nc2ccccc2s1. The summed E-state index contributed by atoms with van der Waals surface area (Å²) in [6.07, 6.45) is 0.841. The number of nitrogens with zero attached hydrogens (tertiary/aromatic N) is 2. The zero-order chi connectivity index (χ0) is 27.1. The summed E-state index contributed by atoms with van der Waals surface area (Å²) in [4.78, 5) is 49.6. The number of anilines is 1. The molecule has 2 heterocycles. The van der Waals surface area contributed by atoms with Gasteiger partial charge in [0.25, 0.3) is 0 Å². The quantitative estimate of drug-likeness (QED) is 0.242. The van der Waals surface area contributed by atoms with Crippen LogP contribution in [-0.2, 0) is 22.5 Å². The third-order valence-corrected chi connectivity index (χ3v) is 6.33. The number of fused-ring (bicyclic) bond motifs is 1. The van der Waals surface area contributed by atoms with Gasteiger partial charge in [-0.05, 0) is 51.3 Å². The molecule has 0 unspecified atom stereocenters. The summed E-state index contributed by atoms with van der Waals surface area (Å²) in [5.74, 6) is -0.0911. The van der Waals surface area contributed by atoms with Gasteiger partial charge in [-0.1, -0.05) is 42.5 Å². The van der Waals surface area contributed by atoms with Crippen LogP contribution in [0.25, 0.3) is 10.2 Å². The summed E-state index contributed by atoms with van der Waals surface area (Å²) in [6, 6.07) is 15.9. The number of hydrogen-bond donors (Lipinski definition) is 3. The van der Waals surface area contributed by atoms with Crippen molar-refractivity contribution in [2.75, 3.05) is 5.32 Å². The van der Waals surface area contributed by atoms with Gasteiger partial charge in [-0.25, -0.2) is 19.6 Å². The number of amides is 2. The number of aryl methyl sites for hydroxylation is 1. The summed E-state index contributed by atoms with van der Waals surface area (Å²) in [5.41, 5.74) is 1.54. The molecule has 11 heteroatoms. The van der Waals surface area contributed by atoms with Crippen molar-refractivity contribution in [1.82, 2.24) is 20.3 Å². The number of Topliss-reactive ketones (excluding diaryl/α,β-unsaturated/α-hetero) is 1. The Morgan fingerprint density at radius 3 is 2.50 bits per heavy atom. The number of rotatable bonds is 9. The zero-order valence-electron chi connectivity index (χ0n) is 21.3. The average molecular weight is 536 g/mol. The van der Waals surface area contributed by atoms with Crippen LogP contribution in [0.1, 0.15) is 48.3 Å². The van der Waals surface area contributed by atoms with Crippen LogP contribution in [0.4, 0.5) is 15.5 Å². The first-order valence-corrected chi connectivity index (χ1v) is 12.9. The molecule has 0 aliphatic carbocycles. The zero-order valence-corrected chi connectivity index (χ0v) is 22.1. The van der Waals surface area contributed by atoms with E-state index in [1.165, 1.54) is 11.3 Å². The smallest absolute Gasteiger partial charge is 0.414 e. The molecule has 0 radical (unpaired) electrons. The normalized spacial score (nSPS) is 12.1. The predicted molar refractivity (Wildman–Crippen MR) is 144 cm³/mol. The van der Waals surface area contributed by atoms with Crippen LogP contribution >= 0.6 is 11.3 Å². The van der Waals surface area contributed by atoms with Crippen molar-refractivity contribution in [1.29, 1.82) is 0 Å². The summed E-state index contributed by atoms with van der Waals surface area (Å²) < 4.78 is 11.5. The number of nitrogens with one attached hydrogen (secondary N) is 3. The minimum Gasteiger partial charge on any atom is -0.444 e. The van der Waals surface area contributed by atoms with Gasteiger partial charge in [0.15, 0.2) is 5.01 Å². The van der Waals surface area contributed by atoms with Crippen LogP contribution < -0.4 is 10.6 Å². The number of carbonyl (C=O) groups is 3. The second kappa shape index (κ2) is 11.9. The van der Waals surface area contributed by atoms with Gasteiger partial charge < -0.3 is 19.8 Å². The van der Waals surface area contributed by atoms with Crippen molar-refractivity contribution in [3.63, 3.8) is 0 Å². The fraction of sp³-hybridized carbons (Fsp3) is 0.296. The lowest BCUT2D eigenvalue weighted by molar-refractivity contribution is 0.0488. The third kappa shape index (κ3) is 7.62. The molecule has 3 N–H and O–H groups in total. The van der Waals surface area contributed by atoms with Gasteiger partial charge in [-0.2, -0.15) is 0 Å². The van der Waals surface area contributed by atoms with Gasteiger partial charge in [-0.15, -0.1) is 11.3 Å². The highest BCUT2D eigenvalue weighted by Gasteiger charge is 2.27. The Bertz CT molecular complexity index is 1380. The molecule has 0 aliphatic rings. The van der Waals surface area contributed by atoms with Crippen LogP contribution in [0.3, 0.4) is 0 Å². The molecule has 0 bridgehead atoms. The number of alkyl carbamates (subject to hydrolysis) is 1. The summed E-state index contributed by atoms with van der Waals surface area (Å²) >= 11 is 1.28. The topological polar surface area (TPSA) is 135 Å². The number of carbonyl (C=O) groups excluding carboxylic acids is 3. The highest BCUT2D eigenvalue weighted by atomic mass is 32.1. The van der Waals surface area contributed by atoms with Gasteiger partial charge >= 0.3 is 12.2 Å². The largest absolute Gasteiger partial charge is 0.444 e. The fourth-order valence-electron chi connectivity index (χ4n) is 3.55. The minimum absolute atomic E-state index is 0.131. The van der Waals surface area contributed by atoms with Gasteiger partial charge in [0.05, 0.1) is 22.5 Å². The Balaban J connectivity index is 1.39. The Morgan fingerprint density at radius 2 is 1.76 bits per heavy atom. The van der Waals surface area contributed by atoms with E-state index in [1.807, 2.05) is 54.6 Å². The summed E-state index contributed by atoms with van der Waals surface area (Å²) in [5, 5.41) is 5.54. The summed E-state index contributed by atoms with van der Waals surface area (Å²) in [7, 11) is 0. The maximum atomic E-state index is 13.4. The summed E-state index contributed by atoms with van der Waals surface area (Å²) in [6.45, 7) is 5.38. The lowest BCUT2D eigenvalue weighted by atomic mass is 10.1. The maximum absolute atomic E-state index is 13.4. The molecule has 4 aromatic rings. The Labute approximate surface area is 223 Å². The number of ketones is 1. The lowest BCUT2D eigenvalue weighted by Crippen LogP contribution is -2.43. The molecule has 10 nitrogen and oxygen atoms in total. The van der Waals surface area contributed by atoms with Gasteiger partial charge in [0.2, 0.25) is 11.7 Å². The molecule has 38 heavy (non-hydrogen) atoms. The van der Waals surface area contributed by atoms with Gasteiger partial charge in [-0.3, -0.25) is 10.1 Å². The van der Waals surface area contributed by atoms with E-state index in [4.69, 9.17) is 9.47 Å². The first kappa shape index (κ1) is 26.8. The number of aromatic amines is 1. The number of benzene rings is 2. The van der Waals surface area contributed by atoms with Crippen molar-refractivity contribution in [3.8, 4) is 0 Å². The van der Waals surface area contributed by atoms with Gasteiger partial charge in [0.1, 0.15) is 12.2 Å². The Kier molecular flexibility index (Phi) is 8.37. The maximum Gasteiger partial charge on any atom is 0.414 e. The molecule has 2 amide bonds. The van der Waals surface area contributed by atoms with E-state index in [9.17, 15) is 14.4 Å². The number of para-hydroxylation sites is 1. The van der Waals surface area contributed by atoms with E-state index in [2.05, 4.69) is 25.6 Å². The second-order valence-electron chi connectivity index (χ2n) is 9.53. The number of imidazole rings is 1. The predicted octanol–water partition coefficient (Wildman–Crippen LogP) is 5.48. The first-order chi connectivity index (χ1) is 18.2. The minimum atomic E-state index is -0.874. The molecule has 0 fully saturated rings. The van der Waals surface area contributed by atoms with E-state index in [0.717, 1.165) is 15.8 Å².